The highest BCUT2D eigenvalue weighted by Crippen LogP contribution is 2.35. The summed E-state index contributed by atoms with van der Waals surface area (Å²) < 4.78 is 22.2. The molecule has 0 unspecified atom stereocenters. The molecule has 1 aromatic heterocycles. The number of hydrogen-bond donors (Lipinski definition) is 1. The van der Waals surface area contributed by atoms with Crippen LogP contribution in [-0.4, -0.2) is 29.0 Å². The van der Waals surface area contributed by atoms with Gasteiger partial charge in [0, 0.05) is 31.2 Å². The molecule has 26 heavy (non-hydrogen) atoms. The molecule has 0 atom stereocenters. The lowest BCUT2D eigenvalue weighted by Gasteiger charge is -2.33. The van der Waals surface area contributed by atoms with E-state index in [1.165, 1.54) is 6.20 Å². The van der Waals surface area contributed by atoms with Crippen molar-refractivity contribution in [3.05, 3.63) is 52.8 Å². The lowest BCUT2D eigenvalue weighted by atomic mass is 10.1. The molecule has 2 heterocycles. The van der Waals surface area contributed by atoms with Crippen LogP contribution in [0.2, 0.25) is 0 Å². The maximum atomic E-state index is 11.4. The summed E-state index contributed by atoms with van der Waals surface area (Å²) in [6.45, 7) is 4.39. The number of pyridine rings is 1. The van der Waals surface area contributed by atoms with Crippen molar-refractivity contribution in [2.45, 2.75) is 39.5 Å². The van der Waals surface area contributed by atoms with Crippen LogP contribution in [0, 0.1) is 0 Å². The standard InChI is InChI=1S/C19H21NO6/c1-19(2)25-11-15-13(8-20-16(18(21)22)17(15)26-19)10-24-9-12-4-6-14(23-3)7-5-12/h4-8H,9-11H2,1-3H3,(H,21,22). The van der Waals surface area contributed by atoms with Crippen LogP contribution in [-0.2, 0) is 29.3 Å². The summed E-state index contributed by atoms with van der Waals surface area (Å²) >= 11 is 0. The highest BCUT2D eigenvalue weighted by molar-refractivity contribution is 5.89. The summed E-state index contributed by atoms with van der Waals surface area (Å²) in [6, 6.07) is 7.59. The zero-order valence-corrected chi connectivity index (χ0v) is 14.9. The molecule has 138 valence electrons. The van der Waals surface area contributed by atoms with E-state index in [4.69, 9.17) is 18.9 Å². The maximum absolute atomic E-state index is 11.4. The van der Waals surface area contributed by atoms with E-state index in [0.717, 1.165) is 16.9 Å². The highest BCUT2D eigenvalue weighted by atomic mass is 16.7. The first-order valence-corrected chi connectivity index (χ1v) is 8.17. The Morgan fingerprint density at radius 3 is 2.65 bits per heavy atom. The third-order valence-corrected chi connectivity index (χ3v) is 4.03. The van der Waals surface area contributed by atoms with E-state index in [1.54, 1.807) is 21.0 Å². The molecule has 7 heteroatoms. The second-order valence-electron chi connectivity index (χ2n) is 6.38. The number of fused-ring (bicyclic) bond motifs is 1. The van der Waals surface area contributed by atoms with Crippen molar-refractivity contribution in [1.29, 1.82) is 0 Å². The normalized spacial score (nSPS) is 15.0. The minimum absolute atomic E-state index is 0.115. The molecule has 0 amide bonds. The Labute approximate surface area is 151 Å². The smallest absolute Gasteiger partial charge is 0.358 e. The SMILES string of the molecule is COc1ccc(COCc2cnc(C(=O)O)c3c2COC(C)(C)O3)cc1. The molecule has 3 rings (SSSR count). The van der Waals surface area contributed by atoms with Crippen molar-refractivity contribution in [2.24, 2.45) is 0 Å². The molecule has 2 aromatic rings. The van der Waals surface area contributed by atoms with Gasteiger partial charge in [-0.15, -0.1) is 0 Å². The van der Waals surface area contributed by atoms with Gasteiger partial charge in [-0.2, -0.15) is 0 Å². The topological polar surface area (TPSA) is 87.1 Å². The van der Waals surface area contributed by atoms with Crippen molar-refractivity contribution in [2.75, 3.05) is 7.11 Å². The van der Waals surface area contributed by atoms with Crippen molar-refractivity contribution in [3.63, 3.8) is 0 Å². The minimum Gasteiger partial charge on any atom is -0.497 e. The van der Waals surface area contributed by atoms with Crippen LogP contribution in [0.5, 0.6) is 11.5 Å². The van der Waals surface area contributed by atoms with Gasteiger partial charge in [-0.25, -0.2) is 9.78 Å². The number of rotatable bonds is 6. The Bertz CT molecular complexity index is 800. The first kappa shape index (κ1) is 18.2. The molecule has 7 nitrogen and oxygen atoms in total. The fourth-order valence-corrected chi connectivity index (χ4v) is 2.63. The monoisotopic (exact) mass is 359 g/mol. The first-order valence-electron chi connectivity index (χ1n) is 8.17. The summed E-state index contributed by atoms with van der Waals surface area (Å²) in [5, 5.41) is 9.34. The molecule has 0 saturated carbocycles. The summed E-state index contributed by atoms with van der Waals surface area (Å²) in [6.07, 6.45) is 1.50. The lowest BCUT2D eigenvalue weighted by molar-refractivity contribution is -0.181. The Hall–Kier alpha value is -2.64. The first-order chi connectivity index (χ1) is 12.4. The zero-order chi connectivity index (χ0) is 18.7. The number of carbonyl (C=O) groups is 1. The Morgan fingerprint density at radius 2 is 2.00 bits per heavy atom. The van der Waals surface area contributed by atoms with E-state index in [0.29, 0.717) is 12.2 Å². The number of ether oxygens (including phenoxy) is 4. The van der Waals surface area contributed by atoms with Gasteiger partial charge in [0.05, 0.1) is 26.9 Å². The number of aromatic carboxylic acids is 1. The number of methoxy groups -OCH3 is 1. The number of carboxylic acid groups (broad SMARTS) is 1. The van der Waals surface area contributed by atoms with Gasteiger partial charge in [-0.1, -0.05) is 12.1 Å². The molecular formula is C19H21NO6. The summed E-state index contributed by atoms with van der Waals surface area (Å²) in [7, 11) is 1.62. The minimum atomic E-state index is -1.13. The average Bonchev–Trinajstić information content (AvgIpc) is 2.61. The molecule has 0 spiro atoms. The molecule has 1 aliphatic heterocycles. The van der Waals surface area contributed by atoms with Gasteiger partial charge in [0.25, 0.3) is 0 Å². The predicted molar refractivity (Wildman–Crippen MR) is 92.2 cm³/mol. The summed E-state index contributed by atoms with van der Waals surface area (Å²) in [4.78, 5) is 15.5. The molecule has 0 bridgehead atoms. The van der Waals surface area contributed by atoms with Crippen LogP contribution in [0.25, 0.3) is 0 Å². The van der Waals surface area contributed by atoms with Gasteiger partial charge in [-0.05, 0) is 17.7 Å². The van der Waals surface area contributed by atoms with Gasteiger partial charge in [0.15, 0.2) is 11.4 Å². The van der Waals surface area contributed by atoms with E-state index in [1.807, 2.05) is 24.3 Å². The van der Waals surface area contributed by atoms with Crippen molar-refractivity contribution >= 4 is 5.97 Å². The number of hydrogen-bond acceptors (Lipinski definition) is 6. The van der Waals surface area contributed by atoms with Crippen LogP contribution in [0.15, 0.2) is 30.5 Å². The molecule has 0 fully saturated rings. The number of aromatic nitrogens is 1. The number of carboxylic acids is 1. The Morgan fingerprint density at radius 1 is 1.27 bits per heavy atom. The quantitative estimate of drug-likeness (QED) is 0.848. The summed E-state index contributed by atoms with van der Waals surface area (Å²) in [5.41, 5.74) is 2.29. The molecule has 1 aromatic carbocycles. The molecular weight excluding hydrogens is 338 g/mol. The van der Waals surface area contributed by atoms with E-state index >= 15 is 0 Å². The highest BCUT2D eigenvalue weighted by Gasteiger charge is 2.33. The van der Waals surface area contributed by atoms with Gasteiger partial charge < -0.3 is 24.1 Å². The Kier molecular flexibility index (Phi) is 5.11. The zero-order valence-electron chi connectivity index (χ0n) is 14.9. The largest absolute Gasteiger partial charge is 0.497 e. The summed E-state index contributed by atoms with van der Waals surface area (Å²) in [5.74, 6) is -1.00. The van der Waals surface area contributed by atoms with Crippen molar-refractivity contribution in [1.82, 2.24) is 4.98 Å². The second kappa shape index (κ2) is 7.31. The van der Waals surface area contributed by atoms with Gasteiger partial charge in [-0.3, -0.25) is 0 Å². The van der Waals surface area contributed by atoms with Crippen molar-refractivity contribution < 1.29 is 28.8 Å². The van der Waals surface area contributed by atoms with E-state index in [2.05, 4.69) is 4.98 Å². The maximum Gasteiger partial charge on any atom is 0.358 e. The van der Waals surface area contributed by atoms with Crippen LogP contribution in [0.3, 0.4) is 0 Å². The van der Waals surface area contributed by atoms with E-state index in [9.17, 15) is 9.90 Å². The predicted octanol–water partition coefficient (Wildman–Crippen LogP) is 3.15. The molecule has 1 aliphatic rings. The molecule has 0 aliphatic carbocycles. The number of nitrogens with zero attached hydrogens (tertiary/aromatic N) is 1. The van der Waals surface area contributed by atoms with E-state index in [-0.39, 0.29) is 24.7 Å². The van der Waals surface area contributed by atoms with Crippen LogP contribution in [0.4, 0.5) is 0 Å². The van der Waals surface area contributed by atoms with Gasteiger partial charge in [0.1, 0.15) is 5.75 Å². The average molecular weight is 359 g/mol. The fourth-order valence-electron chi connectivity index (χ4n) is 2.63. The van der Waals surface area contributed by atoms with Crippen molar-refractivity contribution in [3.8, 4) is 11.5 Å². The molecule has 1 N–H and O–H groups in total. The van der Waals surface area contributed by atoms with Crippen LogP contribution < -0.4 is 9.47 Å². The van der Waals surface area contributed by atoms with Gasteiger partial charge in [0.2, 0.25) is 5.79 Å². The van der Waals surface area contributed by atoms with Crippen LogP contribution in [0.1, 0.15) is 41.0 Å². The molecule has 0 radical (unpaired) electrons. The van der Waals surface area contributed by atoms with Crippen LogP contribution >= 0.6 is 0 Å². The van der Waals surface area contributed by atoms with Gasteiger partial charge >= 0.3 is 5.97 Å². The molecule has 0 saturated heterocycles. The Balaban J connectivity index is 1.75. The number of benzene rings is 1. The third-order valence-electron chi connectivity index (χ3n) is 4.03. The third kappa shape index (κ3) is 3.95. The van der Waals surface area contributed by atoms with E-state index < -0.39 is 11.8 Å². The second-order valence-corrected chi connectivity index (χ2v) is 6.38. The lowest BCUT2D eigenvalue weighted by Crippen LogP contribution is -2.37. The fraction of sp³-hybridized carbons (Fsp3) is 0.368.